The van der Waals surface area contributed by atoms with Crippen LogP contribution in [0.15, 0.2) is 24.3 Å². The zero-order valence-corrected chi connectivity index (χ0v) is 14.3. The number of carbonyl (C=O) groups excluding carboxylic acids is 2. The van der Waals surface area contributed by atoms with Gasteiger partial charge in [-0.3, -0.25) is 4.79 Å². The van der Waals surface area contributed by atoms with E-state index in [1.54, 1.807) is 0 Å². The normalized spacial score (nSPS) is 14.1. The third-order valence-electron chi connectivity index (χ3n) is 3.49. The van der Waals surface area contributed by atoms with Crippen LogP contribution in [0.3, 0.4) is 0 Å². The van der Waals surface area contributed by atoms with Gasteiger partial charge in [-0.1, -0.05) is 32.0 Å². The summed E-state index contributed by atoms with van der Waals surface area (Å²) < 4.78 is 42.9. The van der Waals surface area contributed by atoms with E-state index in [0.717, 1.165) is 19.2 Å². The maximum Gasteiger partial charge on any atom is 0.416 e. The Kier molecular flexibility index (Phi) is 7.41. The van der Waals surface area contributed by atoms with E-state index in [1.165, 1.54) is 12.1 Å². The molecule has 0 saturated heterocycles. The molecule has 25 heavy (non-hydrogen) atoms. The summed E-state index contributed by atoms with van der Waals surface area (Å²) in [4.78, 5) is 23.8. The molecule has 0 heterocycles. The average Bonchev–Trinajstić information content (AvgIpc) is 2.52. The lowest BCUT2D eigenvalue weighted by Gasteiger charge is -2.20. The fourth-order valence-electron chi connectivity index (χ4n) is 2.27. The highest BCUT2D eigenvalue weighted by Gasteiger charge is 2.31. The van der Waals surface area contributed by atoms with Gasteiger partial charge in [0.25, 0.3) is 0 Å². The molecule has 0 unspecified atom stereocenters. The summed E-state index contributed by atoms with van der Waals surface area (Å²) in [6.07, 6.45) is -5.80. The molecule has 1 aromatic rings. The number of halogens is 3. The monoisotopic (exact) mass is 361 g/mol. The van der Waals surface area contributed by atoms with E-state index in [2.05, 4.69) is 10.1 Å². The van der Waals surface area contributed by atoms with Gasteiger partial charge in [0.2, 0.25) is 5.91 Å². The maximum absolute atomic E-state index is 12.8. The minimum atomic E-state index is -4.51. The predicted molar refractivity (Wildman–Crippen MR) is 84.6 cm³/mol. The first-order valence-electron chi connectivity index (χ1n) is 7.77. The second kappa shape index (κ2) is 8.84. The number of benzene rings is 1. The number of hydrogen-bond donors (Lipinski definition) is 2. The van der Waals surface area contributed by atoms with E-state index in [9.17, 15) is 27.9 Å². The number of hydrogen-bond acceptors (Lipinski definition) is 4. The molecule has 0 aliphatic carbocycles. The predicted octanol–water partition coefficient (Wildman–Crippen LogP) is 2.31. The fraction of sp³-hybridized carbons (Fsp3) is 0.529. The van der Waals surface area contributed by atoms with E-state index in [0.29, 0.717) is 0 Å². The van der Waals surface area contributed by atoms with Gasteiger partial charge >= 0.3 is 12.1 Å². The second-order valence-corrected chi connectivity index (χ2v) is 6.13. The van der Waals surface area contributed by atoms with Crippen molar-refractivity contribution in [3.05, 3.63) is 35.4 Å². The molecule has 8 heteroatoms. The van der Waals surface area contributed by atoms with Crippen molar-refractivity contribution in [3.63, 3.8) is 0 Å². The standard InChI is InChI=1S/C17H22F3NO4/c1-10(2)7-14(22)15(23)21-13(16(24)25-3)9-11-5-4-6-12(8-11)17(18,19)20/h4-6,8,10,13-14,22H,7,9H2,1-3H3,(H,21,23)/t13-,14-/m1/s1. The molecule has 0 saturated carbocycles. The summed E-state index contributed by atoms with van der Waals surface area (Å²) in [5.41, 5.74) is -0.636. The van der Waals surface area contributed by atoms with E-state index in [4.69, 9.17) is 0 Å². The van der Waals surface area contributed by atoms with Gasteiger partial charge in [0.15, 0.2) is 0 Å². The second-order valence-electron chi connectivity index (χ2n) is 6.13. The Morgan fingerprint density at radius 2 is 1.92 bits per heavy atom. The van der Waals surface area contributed by atoms with Gasteiger partial charge < -0.3 is 15.2 Å². The Bertz CT molecular complexity index is 602. The van der Waals surface area contributed by atoms with Crippen molar-refractivity contribution in [2.45, 2.75) is 45.0 Å². The average molecular weight is 361 g/mol. The van der Waals surface area contributed by atoms with Crippen molar-refractivity contribution < 1.29 is 32.6 Å². The summed E-state index contributed by atoms with van der Waals surface area (Å²) in [5, 5.41) is 12.1. The van der Waals surface area contributed by atoms with E-state index < -0.39 is 35.8 Å². The van der Waals surface area contributed by atoms with Gasteiger partial charge in [0.1, 0.15) is 12.1 Å². The van der Waals surface area contributed by atoms with Crippen molar-refractivity contribution in [2.24, 2.45) is 5.92 Å². The van der Waals surface area contributed by atoms with Crippen LogP contribution in [0.2, 0.25) is 0 Å². The number of ether oxygens (including phenoxy) is 1. The third-order valence-corrected chi connectivity index (χ3v) is 3.49. The minimum absolute atomic E-state index is 0.0563. The van der Waals surface area contributed by atoms with E-state index in [1.807, 2.05) is 13.8 Å². The number of carbonyl (C=O) groups is 2. The lowest BCUT2D eigenvalue weighted by molar-refractivity contribution is -0.146. The third kappa shape index (κ3) is 6.74. The van der Waals surface area contributed by atoms with Crippen molar-refractivity contribution in [1.29, 1.82) is 0 Å². The number of rotatable bonds is 7. The van der Waals surface area contributed by atoms with Crippen LogP contribution < -0.4 is 5.32 Å². The molecule has 0 aliphatic heterocycles. The SMILES string of the molecule is COC(=O)[C@@H](Cc1cccc(C(F)(F)F)c1)NC(=O)[C@H](O)CC(C)C. The molecule has 2 N–H and O–H groups in total. The molecule has 140 valence electrons. The Hall–Kier alpha value is -2.09. The van der Waals surface area contributed by atoms with E-state index in [-0.39, 0.29) is 24.3 Å². The molecule has 5 nitrogen and oxygen atoms in total. The van der Waals surface area contributed by atoms with Crippen LogP contribution in [0, 0.1) is 5.92 Å². The van der Waals surface area contributed by atoms with Crippen molar-refractivity contribution >= 4 is 11.9 Å². The highest BCUT2D eigenvalue weighted by atomic mass is 19.4. The summed E-state index contributed by atoms with van der Waals surface area (Å²) in [5.74, 6) is -1.51. The van der Waals surface area contributed by atoms with Crippen LogP contribution in [-0.2, 0) is 26.9 Å². The quantitative estimate of drug-likeness (QED) is 0.731. The first kappa shape index (κ1) is 21.0. The van der Waals surface area contributed by atoms with Gasteiger partial charge in [-0.05, 0) is 24.0 Å². The zero-order valence-electron chi connectivity index (χ0n) is 14.3. The fourth-order valence-corrected chi connectivity index (χ4v) is 2.27. The number of alkyl halides is 3. The molecular formula is C17H22F3NO4. The van der Waals surface area contributed by atoms with Crippen molar-refractivity contribution in [1.82, 2.24) is 5.32 Å². The van der Waals surface area contributed by atoms with Crippen LogP contribution in [0.4, 0.5) is 13.2 Å². The van der Waals surface area contributed by atoms with Crippen LogP contribution in [-0.4, -0.2) is 36.2 Å². The van der Waals surface area contributed by atoms with E-state index >= 15 is 0 Å². The number of amides is 1. The largest absolute Gasteiger partial charge is 0.467 e. The first-order chi connectivity index (χ1) is 11.5. The molecule has 2 atom stereocenters. The van der Waals surface area contributed by atoms with Crippen LogP contribution in [0.1, 0.15) is 31.4 Å². The summed E-state index contributed by atoms with van der Waals surface area (Å²) >= 11 is 0. The lowest BCUT2D eigenvalue weighted by Crippen LogP contribution is -2.47. The lowest BCUT2D eigenvalue weighted by atomic mass is 10.0. The Labute approximate surface area is 144 Å². The Morgan fingerprint density at radius 3 is 2.44 bits per heavy atom. The highest BCUT2D eigenvalue weighted by Crippen LogP contribution is 2.29. The molecule has 1 amide bonds. The number of nitrogens with one attached hydrogen (secondary N) is 1. The highest BCUT2D eigenvalue weighted by molar-refractivity contribution is 5.87. The molecule has 0 spiro atoms. The van der Waals surface area contributed by atoms with Gasteiger partial charge in [0, 0.05) is 6.42 Å². The Balaban J connectivity index is 2.91. The molecule has 1 rings (SSSR count). The van der Waals surface area contributed by atoms with Gasteiger partial charge in [0.05, 0.1) is 12.7 Å². The molecule has 0 bridgehead atoms. The van der Waals surface area contributed by atoms with Gasteiger partial charge in [-0.2, -0.15) is 13.2 Å². The molecule has 0 aliphatic rings. The smallest absolute Gasteiger partial charge is 0.416 e. The molecule has 0 fully saturated rings. The van der Waals surface area contributed by atoms with Gasteiger partial charge in [-0.15, -0.1) is 0 Å². The number of esters is 1. The van der Waals surface area contributed by atoms with Crippen molar-refractivity contribution in [2.75, 3.05) is 7.11 Å². The molecule has 0 aromatic heterocycles. The zero-order chi connectivity index (χ0) is 19.2. The number of aliphatic hydroxyl groups excluding tert-OH is 1. The summed E-state index contributed by atoms with van der Waals surface area (Å²) in [7, 11) is 1.11. The van der Waals surface area contributed by atoms with Crippen LogP contribution in [0.5, 0.6) is 0 Å². The minimum Gasteiger partial charge on any atom is -0.467 e. The summed E-state index contributed by atoms with van der Waals surface area (Å²) in [6, 6.07) is 3.28. The molecule has 0 radical (unpaired) electrons. The maximum atomic E-state index is 12.8. The van der Waals surface area contributed by atoms with Crippen LogP contribution in [0.25, 0.3) is 0 Å². The molecular weight excluding hydrogens is 339 g/mol. The van der Waals surface area contributed by atoms with Crippen LogP contribution >= 0.6 is 0 Å². The first-order valence-corrected chi connectivity index (χ1v) is 7.77. The number of aliphatic hydroxyl groups is 1. The molecule has 1 aromatic carbocycles. The Morgan fingerprint density at radius 1 is 1.28 bits per heavy atom. The van der Waals surface area contributed by atoms with Crippen molar-refractivity contribution in [3.8, 4) is 0 Å². The topological polar surface area (TPSA) is 75.6 Å². The number of methoxy groups -OCH3 is 1. The van der Waals surface area contributed by atoms with Gasteiger partial charge in [-0.25, -0.2) is 4.79 Å². The summed E-state index contributed by atoms with van der Waals surface area (Å²) in [6.45, 7) is 3.63.